The zero-order valence-corrected chi connectivity index (χ0v) is 9.41. The van der Waals surface area contributed by atoms with Crippen LogP contribution < -0.4 is 16.0 Å². The number of nitrogens with two attached hydrogens (primary N) is 1. The summed E-state index contributed by atoms with van der Waals surface area (Å²) in [5, 5.41) is 10.8. The lowest BCUT2D eigenvalue weighted by Gasteiger charge is -2.06. The number of halogens is 1. The summed E-state index contributed by atoms with van der Waals surface area (Å²) in [6, 6.07) is 4.71. The molecule has 2 aromatic rings. The fraction of sp³-hybridized carbons (Fsp3) is 0. The predicted molar refractivity (Wildman–Crippen MR) is 63.0 cm³/mol. The zero-order valence-electron chi connectivity index (χ0n) is 9.41. The summed E-state index contributed by atoms with van der Waals surface area (Å²) in [7, 11) is 0. The smallest absolute Gasteiger partial charge is 0.314 e. The van der Waals surface area contributed by atoms with Crippen LogP contribution in [0.3, 0.4) is 0 Å². The summed E-state index contributed by atoms with van der Waals surface area (Å²) in [5.74, 6) is 3.69. The van der Waals surface area contributed by atoms with Gasteiger partial charge in [-0.2, -0.15) is 4.98 Å². The Morgan fingerprint density at radius 1 is 1.42 bits per heavy atom. The second-order valence-electron chi connectivity index (χ2n) is 3.31. The molecule has 0 aliphatic rings. The summed E-state index contributed by atoms with van der Waals surface area (Å²) in [4.78, 5) is 17.5. The molecule has 0 aliphatic heterocycles. The number of nitrogens with zero attached hydrogens (tertiary/aromatic N) is 3. The van der Waals surface area contributed by atoms with Crippen molar-refractivity contribution in [3.05, 3.63) is 46.4 Å². The van der Waals surface area contributed by atoms with E-state index in [1.165, 1.54) is 18.3 Å². The Morgan fingerprint density at radius 2 is 2.21 bits per heavy atom. The number of anilines is 1. The SMILES string of the molecule is NNc1nccc(Oc2c(F)cccc2[N+](=O)[O-])n1. The minimum Gasteiger partial charge on any atom is -0.428 e. The topological polar surface area (TPSA) is 116 Å². The number of ether oxygens (including phenoxy) is 1. The van der Waals surface area contributed by atoms with E-state index in [1.807, 2.05) is 0 Å². The highest BCUT2D eigenvalue weighted by Gasteiger charge is 2.20. The van der Waals surface area contributed by atoms with E-state index in [0.717, 1.165) is 12.1 Å². The van der Waals surface area contributed by atoms with Crippen LogP contribution in [-0.4, -0.2) is 14.9 Å². The minimum atomic E-state index is -0.866. The number of nitrogen functional groups attached to an aromatic ring is 1. The van der Waals surface area contributed by atoms with Crippen molar-refractivity contribution in [2.24, 2.45) is 5.84 Å². The van der Waals surface area contributed by atoms with Crippen molar-refractivity contribution >= 4 is 11.6 Å². The van der Waals surface area contributed by atoms with Crippen LogP contribution in [0.15, 0.2) is 30.5 Å². The molecule has 1 aromatic carbocycles. The fourth-order valence-electron chi connectivity index (χ4n) is 1.32. The number of rotatable bonds is 4. The van der Waals surface area contributed by atoms with Gasteiger partial charge < -0.3 is 4.74 Å². The third kappa shape index (κ3) is 2.72. The lowest BCUT2D eigenvalue weighted by Crippen LogP contribution is -2.10. The molecule has 0 radical (unpaired) electrons. The normalized spacial score (nSPS) is 10.0. The lowest BCUT2D eigenvalue weighted by molar-refractivity contribution is -0.385. The number of hydrazine groups is 1. The molecule has 1 heterocycles. The van der Waals surface area contributed by atoms with Crippen molar-refractivity contribution in [1.82, 2.24) is 9.97 Å². The highest BCUT2D eigenvalue weighted by atomic mass is 19.1. The summed E-state index contributed by atoms with van der Waals surface area (Å²) in [5.41, 5.74) is 1.68. The van der Waals surface area contributed by atoms with E-state index in [9.17, 15) is 14.5 Å². The Balaban J connectivity index is 2.40. The van der Waals surface area contributed by atoms with Gasteiger partial charge in [-0.15, -0.1) is 0 Å². The standard InChI is InChI=1S/C10H8FN5O3/c11-6-2-1-3-7(16(17)18)9(6)19-8-4-5-13-10(14-8)15-12/h1-5H,12H2,(H,13,14,15). The summed E-state index contributed by atoms with van der Waals surface area (Å²) in [6.45, 7) is 0. The molecule has 0 spiro atoms. The van der Waals surface area contributed by atoms with Crippen molar-refractivity contribution in [2.75, 3.05) is 5.43 Å². The maximum Gasteiger partial charge on any atom is 0.314 e. The zero-order chi connectivity index (χ0) is 13.8. The number of hydrogen-bond acceptors (Lipinski definition) is 7. The highest BCUT2D eigenvalue weighted by molar-refractivity contribution is 5.48. The van der Waals surface area contributed by atoms with Gasteiger partial charge in [0, 0.05) is 18.3 Å². The molecular weight excluding hydrogens is 257 g/mol. The van der Waals surface area contributed by atoms with Crippen LogP contribution in [0.2, 0.25) is 0 Å². The van der Waals surface area contributed by atoms with Crippen molar-refractivity contribution in [1.29, 1.82) is 0 Å². The van der Waals surface area contributed by atoms with E-state index >= 15 is 0 Å². The molecule has 0 unspecified atom stereocenters. The molecule has 19 heavy (non-hydrogen) atoms. The van der Waals surface area contributed by atoms with E-state index in [0.29, 0.717) is 0 Å². The van der Waals surface area contributed by atoms with Crippen LogP contribution in [-0.2, 0) is 0 Å². The van der Waals surface area contributed by atoms with Gasteiger partial charge in [-0.1, -0.05) is 6.07 Å². The van der Waals surface area contributed by atoms with Crippen LogP contribution in [0, 0.1) is 15.9 Å². The van der Waals surface area contributed by atoms with Gasteiger partial charge in [-0.25, -0.2) is 15.2 Å². The molecule has 8 nitrogen and oxygen atoms in total. The lowest BCUT2D eigenvalue weighted by atomic mass is 10.3. The third-order valence-corrected chi connectivity index (χ3v) is 2.11. The number of nitrogens with one attached hydrogen (secondary N) is 1. The highest BCUT2D eigenvalue weighted by Crippen LogP contribution is 2.32. The predicted octanol–water partition coefficient (Wildman–Crippen LogP) is 1.60. The first-order valence-corrected chi connectivity index (χ1v) is 5.02. The largest absolute Gasteiger partial charge is 0.428 e. The van der Waals surface area contributed by atoms with Crippen molar-refractivity contribution in [3.63, 3.8) is 0 Å². The van der Waals surface area contributed by atoms with E-state index < -0.39 is 22.2 Å². The maximum atomic E-state index is 13.6. The molecule has 0 fully saturated rings. The quantitative estimate of drug-likeness (QED) is 0.490. The van der Waals surface area contributed by atoms with E-state index in [2.05, 4.69) is 15.4 Å². The molecule has 0 saturated carbocycles. The minimum absolute atomic E-state index is 0.0384. The van der Waals surface area contributed by atoms with Crippen molar-refractivity contribution < 1.29 is 14.1 Å². The Morgan fingerprint density at radius 3 is 2.89 bits per heavy atom. The Bertz CT molecular complexity index is 622. The first-order chi connectivity index (χ1) is 9.11. The Labute approximate surface area is 106 Å². The Hall–Kier alpha value is -2.81. The molecule has 2 rings (SSSR count). The average molecular weight is 265 g/mol. The summed E-state index contributed by atoms with van der Waals surface area (Å²) in [6.07, 6.45) is 1.31. The van der Waals surface area contributed by atoms with E-state index in [-0.39, 0.29) is 11.8 Å². The van der Waals surface area contributed by atoms with Gasteiger partial charge in [-0.05, 0) is 6.07 Å². The molecule has 3 N–H and O–H groups in total. The number of hydrogen-bond donors (Lipinski definition) is 2. The number of benzene rings is 1. The number of nitro benzene ring substituents is 1. The summed E-state index contributed by atoms with van der Waals surface area (Å²) < 4.78 is 18.6. The maximum absolute atomic E-state index is 13.6. The van der Waals surface area contributed by atoms with Gasteiger partial charge in [0.1, 0.15) is 0 Å². The molecule has 0 bridgehead atoms. The second kappa shape index (κ2) is 5.23. The van der Waals surface area contributed by atoms with Gasteiger partial charge in [-0.3, -0.25) is 15.5 Å². The van der Waals surface area contributed by atoms with Gasteiger partial charge in [0.25, 0.3) is 0 Å². The monoisotopic (exact) mass is 265 g/mol. The van der Waals surface area contributed by atoms with Crippen molar-refractivity contribution in [2.45, 2.75) is 0 Å². The van der Waals surface area contributed by atoms with Gasteiger partial charge in [0.2, 0.25) is 17.6 Å². The molecule has 9 heteroatoms. The molecule has 0 amide bonds. The van der Waals surface area contributed by atoms with Gasteiger partial charge in [0.05, 0.1) is 4.92 Å². The van der Waals surface area contributed by atoms with Crippen LogP contribution >= 0.6 is 0 Å². The molecule has 0 aliphatic carbocycles. The van der Waals surface area contributed by atoms with Crippen LogP contribution in [0.4, 0.5) is 16.0 Å². The van der Waals surface area contributed by atoms with Gasteiger partial charge in [0.15, 0.2) is 5.82 Å². The van der Waals surface area contributed by atoms with E-state index in [4.69, 9.17) is 10.6 Å². The number of aromatic nitrogens is 2. The molecule has 0 atom stereocenters. The molecule has 0 saturated heterocycles. The first-order valence-electron chi connectivity index (χ1n) is 5.02. The summed E-state index contributed by atoms with van der Waals surface area (Å²) >= 11 is 0. The second-order valence-corrected chi connectivity index (χ2v) is 3.31. The molecular formula is C10H8FN5O3. The van der Waals surface area contributed by atoms with Crippen LogP contribution in [0.25, 0.3) is 0 Å². The average Bonchev–Trinajstić information content (AvgIpc) is 2.41. The number of nitro groups is 1. The molecule has 1 aromatic heterocycles. The Kier molecular flexibility index (Phi) is 3.48. The van der Waals surface area contributed by atoms with E-state index in [1.54, 1.807) is 0 Å². The van der Waals surface area contributed by atoms with Crippen LogP contribution in [0.1, 0.15) is 0 Å². The first kappa shape index (κ1) is 12.6. The fourth-order valence-corrected chi connectivity index (χ4v) is 1.32. The third-order valence-electron chi connectivity index (χ3n) is 2.11. The van der Waals surface area contributed by atoms with Crippen molar-refractivity contribution in [3.8, 4) is 11.6 Å². The van der Waals surface area contributed by atoms with Crippen LogP contribution in [0.5, 0.6) is 11.6 Å². The molecule has 98 valence electrons. The van der Waals surface area contributed by atoms with Gasteiger partial charge >= 0.3 is 5.69 Å². The number of para-hydroxylation sites is 1.